The molecule has 0 unspecified atom stereocenters. The van der Waals surface area contributed by atoms with Crippen molar-refractivity contribution < 1.29 is 19.2 Å². The minimum Gasteiger partial charge on any atom is -0.460 e. The number of fused-ring (bicyclic) bond motifs is 5. The van der Waals surface area contributed by atoms with Crippen LogP contribution in [0.2, 0.25) is 18.1 Å². The zero-order chi connectivity index (χ0) is 25.5. The topological polar surface area (TPSA) is 111 Å². The van der Waals surface area contributed by atoms with Crippen LogP contribution in [-0.2, 0) is 28.4 Å². The summed E-state index contributed by atoms with van der Waals surface area (Å²) < 4.78 is 9.15. The van der Waals surface area contributed by atoms with E-state index in [2.05, 4.69) is 38.4 Å². The lowest BCUT2D eigenvalue weighted by molar-refractivity contribution is -0.667. The minimum absolute atomic E-state index is 0.0280. The Hall–Kier alpha value is -3.04. The largest absolute Gasteiger partial charge is 0.460 e. The van der Waals surface area contributed by atoms with Crippen molar-refractivity contribution in [1.82, 2.24) is 9.55 Å². The summed E-state index contributed by atoms with van der Waals surface area (Å²) in [7, 11) is -2.13. The third kappa shape index (κ3) is 3.36. The molecule has 2 aliphatic heterocycles. The van der Waals surface area contributed by atoms with E-state index in [0.717, 1.165) is 10.9 Å². The number of pyridine rings is 1. The molecule has 2 aliphatic rings. The number of aromatic nitrogens is 3. The Morgan fingerprint density at radius 2 is 1.97 bits per heavy atom. The van der Waals surface area contributed by atoms with Crippen molar-refractivity contribution in [2.24, 2.45) is 0 Å². The van der Waals surface area contributed by atoms with Crippen molar-refractivity contribution in [1.29, 1.82) is 0 Å². The highest BCUT2D eigenvalue weighted by Crippen LogP contribution is 2.39. The van der Waals surface area contributed by atoms with Gasteiger partial charge >= 0.3 is 11.8 Å². The van der Waals surface area contributed by atoms with Crippen LogP contribution in [0.3, 0.4) is 0 Å². The fraction of sp³-hybridized carbons (Fsp3) is 0.462. The van der Waals surface area contributed by atoms with Crippen molar-refractivity contribution >= 4 is 36.0 Å². The molecular formula is C26H33N4O4Si+. The molecule has 35 heavy (non-hydrogen) atoms. The quantitative estimate of drug-likeness (QED) is 0.192. The fourth-order valence-electron chi connectivity index (χ4n) is 5.19. The molecule has 0 saturated heterocycles. The second-order valence-electron chi connectivity index (χ2n) is 11.4. The number of anilines is 1. The normalized spacial score (nSPS) is 19.7. The van der Waals surface area contributed by atoms with E-state index in [4.69, 9.17) is 15.5 Å². The van der Waals surface area contributed by atoms with E-state index in [9.17, 15) is 14.7 Å². The standard InChI is InChI=1S/C26H32N4O4Si/c1-7-26(33)12-21(31)34-13-17-18(26)11-20-22-28-19-9-8-15(27)10-16(19)24(35(5,6)25(2,3)4)30(22)14-29(20)23(17)32/h8-11,33H,7,12-14H2,1-6H3,(H-,27,32)/p+1/t26-/m1/s1. The molecule has 9 heteroatoms. The van der Waals surface area contributed by atoms with Crippen molar-refractivity contribution in [3.63, 3.8) is 0 Å². The number of nitrogen functional groups attached to an aromatic ring is 1. The van der Waals surface area contributed by atoms with E-state index in [1.807, 2.05) is 31.2 Å². The summed E-state index contributed by atoms with van der Waals surface area (Å²) in [5, 5.41) is 13.6. The Morgan fingerprint density at radius 1 is 1.26 bits per heavy atom. The highest BCUT2D eigenvalue weighted by atomic mass is 28.3. The SMILES string of the molecule is CC[C@@]1(O)CC(=O)OCc2c1cc1n(c2=O)C[n+]2c-1nc1ccc(N)cc1c2[Si](C)(C)C(C)(C)C. The van der Waals surface area contributed by atoms with Crippen LogP contribution in [0.15, 0.2) is 29.1 Å². The monoisotopic (exact) mass is 493 g/mol. The molecule has 0 aliphatic carbocycles. The molecule has 0 amide bonds. The molecule has 0 fully saturated rings. The van der Waals surface area contributed by atoms with Crippen LogP contribution in [-0.4, -0.2) is 28.7 Å². The van der Waals surface area contributed by atoms with Crippen LogP contribution >= 0.6 is 0 Å². The summed E-state index contributed by atoms with van der Waals surface area (Å²) in [5.74, 6) is 0.184. The van der Waals surface area contributed by atoms with Gasteiger partial charge in [-0.25, -0.2) is 4.57 Å². The lowest BCUT2D eigenvalue weighted by atomic mass is 9.85. The average Bonchev–Trinajstić information content (AvgIpc) is 3.07. The van der Waals surface area contributed by atoms with E-state index in [-0.39, 0.29) is 30.0 Å². The summed E-state index contributed by atoms with van der Waals surface area (Å²) in [4.78, 5) is 30.9. The molecule has 1 atom stereocenters. The Balaban J connectivity index is 1.87. The summed E-state index contributed by atoms with van der Waals surface area (Å²) >= 11 is 0. The van der Waals surface area contributed by atoms with Crippen LogP contribution < -0.4 is 21.2 Å². The molecular weight excluding hydrogens is 460 g/mol. The highest BCUT2D eigenvalue weighted by Gasteiger charge is 2.47. The number of aliphatic hydroxyl groups is 1. The zero-order valence-electron chi connectivity index (χ0n) is 21.2. The van der Waals surface area contributed by atoms with Gasteiger partial charge in [-0.15, -0.1) is 0 Å². The zero-order valence-corrected chi connectivity index (χ0v) is 22.2. The summed E-state index contributed by atoms with van der Waals surface area (Å²) in [6.45, 7) is 13.4. The molecule has 5 rings (SSSR count). The van der Waals surface area contributed by atoms with Crippen LogP contribution in [0.5, 0.6) is 0 Å². The van der Waals surface area contributed by atoms with Gasteiger partial charge < -0.3 is 15.6 Å². The fourth-order valence-corrected chi connectivity index (χ4v) is 7.63. The van der Waals surface area contributed by atoms with Gasteiger partial charge in [0.15, 0.2) is 12.2 Å². The highest BCUT2D eigenvalue weighted by molar-refractivity contribution is 6.92. The number of hydrogen-bond donors (Lipinski definition) is 2. The number of benzene rings is 1. The number of rotatable bonds is 2. The molecule has 8 nitrogen and oxygen atoms in total. The van der Waals surface area contributed by atoms with Crippen molar-refractivity contribution in [3.8, 4) is 11.5 Å². The van der Waals surface area contributed by atoms with Crippen LogP contribution in [0.1, 0.15) is 51.7 Å². The first-order valence-electron chi connectivity index (χ1n) is 12.1. The molecule has 1 aromatic carbocycles. The van der Waals surface area contributed by atoms with Gasteiger partial charge in [-0.2, -0.15) is 0 Å². The van der Waals surface area contributed by atoms with Gasteiger partial charge in [0, 0.05) is 5.69 Å². The Kier molecular flexibility index (Phi) is 5.06. The first kappa shape index (κ1) is 23.7. The van der Waals surface area contributed by atoms with Crippen molar-refractivity contribution in [2.45, 2.75) is 77.5 Å². The van der Waals surface area contributed by atoms with Gasteiger partial charge in [0.2, 0.25) is 0 Å². The van der Waals surface area contributed by atoms with Crippen molar-refractivity contribution in [2.75, 3.05) is 5.73 Å². The molecule has 184 valence electrons. The molecule has 0 bridgehead atoms. The molecule has 3 aromatic rings. The summed E-state index contributed by atoms with van der Waals surface area (Å²) in [5.41, 5.74) is 7.43. The molecule has 0 spiro atoms. The van der Waals surface area contributed by atoms with Crippen molar-refractivity contribution in [3.05, 3.63) is 45.7 Å². The number of nitrogens with two attached hydrogens (primary N) is 1. The minimum atomic E-state index is -2.13. The lowest BCUT2D eigenvalue weighted by Gasteiger charge is -2.36. The maximum atomic E-state index is 13.8. The smallest absolute Gasteiger partial charge is 0.349 e. The van der Waals surface area contributed by atoms with E-state index < -0.39 is 19.6 Å². The van der Waals surface area contributed by atoms with Gasteiger partial charge in [0.05, 0.1) is 22.7 Å². The van der Waals surface area contributed by atoms with E-state index in [1.165, 1.54) is 5.32 Å². The third-order valence-electron chi connectivity index (χ3n) is 8.31. The number of esters is 1. The number of hydrogen-bond acceptors (Lipinski definition) is 6. The Morgan fingerprint density at radius 3 is 2.63 bits per heavy atom. The molecule has 3 N–H and O–H groups in total. The molecule has 4 heterocycles. The maximum Gasteiger partial charge on any atom is 0.349 e. The second-order valence-corrected chi connectivity index (χ2v) is 16.6. The van der Waals surface area contributed by atoms with E-state index >= 15 is 0 Å². The predicted molar refractivity (Wildman–Crippen MR) is 137 cm³/mol. The number of nitrogens with zero attached hydrogens (tertiary/aromatic N) is 3. The van der Waals surface area contributed by atoms with Gasteiger partial charge in [-0.3, -0.25) is 14.2 Å². The maximum absolute atomic E-state index is 13.8. The number of cyclic esters (lactones) is 1. The van der Waals surface area contributed by atoms with Gasteiger partial charge in [0.25, 0.3) is 5.56 Å². The lowest BCUT2D eigenvalue weighted by Crippen LogP contribution is -2.66. The number of carbonyl (C=O) groups is 1. The van der Waals surface area contributed by atoms with Gasteiger partial charge in [0.1, 0.15) is 26.0 Å². The van der Waals surface area contributed by atoms with Crippen LogP contribution in [0.25, 0.3) is 22.4 Å². The first-order chi connectivity index (χ1) is 16.3. The average molecular weight is 494 g/mol. The molecule has 0 radical (unpaired) electrons. The van der Waals surface area contributed by atoms with Crippen LogP contribution in [0, 0.1) is 0 Å². The van der Waals surface area contributed by atoms with Gasteiger partial charge in [-0.05, 0) is 46.3 Å². The predicted octanol–water partition coefficient (Wildman–Crippen LogP) is 2.51. The summed E-state index contributed by atoms with van der Waals surface area (Å²) in [6, 6.07) is 7.61. The molecule has 0 saturated carbocycles. The summed E-state index contributed by atoms with van der Waals surface area (Å²) in [6.07, 6.45) is 0.108. The third-order valence-corrected chi connectivity index (χ3v) is 13.8. The van der Waals surface area contributed by atoms with E-state index in [0.29, 0.717) is 35.0 Å². The second kappa shape index (κ2) is 7.48. The number of ether oxygens (including phenoxy) is 1. The van der Waals surface area contributed by atoms with Crippen LogP contribution in [0.4, 0.5) is 5.69 Å². The Labute approximate surface area is 205 Å². The van der Waals surface area contributed by atoms with E-state index in [1.54, 1.807) is 4.57 Å². The first-order valence-corrected chi connectivity index (χ1v) is 15.1. The number of carbonyl (C=O) groups excluding carboxylic acids is 1. The molecule has 2 aromatic heterocycles. The van der Waals surface area contributed by atoms with Gasteiger partial charge in [-0.1, -0.05) is 40.8 Å². The Bertz CT molecular complexity index is 1470.